The molecule has 0 aliphatic heterocycles. The van der Waals surface area contributed by atoms with Crippen molar-refractivity contribution in [3.63, 3.8) is 0 Å². The molecule has 0 unspecified atom stereocenters. The van der Waals surface area contributed by atoms with Crippen molar-refractivity contribution in [3.05, 3.63) is 34.0 Å². The monoisotopic (exact) mass is 376 g/mol. The lowest BCUT2D eigenvalue weighted by molar-refractivity contribution is -0.121. The van der Waals surface area contributed by atoms with Crippen LogP contribution in [0.5, 0.6) is 0 Å². The molecule has 6 heteroatoms. The van der Waals surface area contributed by atoms with Gasteiger partial charge in [0, 0.05) is 32.0 Å². The molecule has 1 aliphatic rings. The molecule has 0 bridgehead atoms. The number of carbonyl (C=O) groups excluding carboxylic acids is 3. The van der Waals surface area contributed by atoms with Gasteiger partial charge in [-0.2, -0.15) is 0 Å². The molecule has 1 heterocycles. The van der Waals surface area contributed by atoms with Gasteiger partial charge in [0.1, 0.15) is 0 Å². The number of Topliss-reactive ketones (excluding diaryl/α,β-unsaturated/α-hetero) is 1. The van der Waals surface area contributed by atoms with E-state index in [4.69, 9.17) is 0 Å². The number of allylic oxidation sites excluding steroid dienone is 1. The second kappa shape index (κ2) is 10.9. The number of rotatable bonds is 9. The number of amides is 2. The molecule has 1 aromatic rings. The SMILES string of the molecule is CC1CCC(=CC(=O)NCCCNC(=O)CCC(=O)c2cccs2)CC1. The molecule has 26 heavy (non-hydrogen) atoms. The normalized spacial score (nSPS) is 16.8. The van der Waals surface area contributed by atoms with Gasteiger partial charge >= 0.3 is 0 Å². The van der Waals surface area contributed by atoms with Crippen LogP contribution in [0.2, 0.25) is 0 Å². The minimum absolute atomic E-state index is 0.00700. The second-order valence-electron chi connectivity index (χ2n) is 6.88. The number of nitrogens with one attached hydrogen (secondary N) is 2. The predicted octanol–water partition coefficient (Wildman–Crippen LogP) is 3.47. The van der Waals surface area contributed by atoms with E-state index in [0.29, 0.717) is 24.4 Å². The lowest BCUT2D eigenvalue weighted by Crippen LogP contribution is -2.29. The second-order valence-corrected chi connectivity index (χ2v) is 7.83. The van der Waals surface area contributed by atoms with Crippen molar-refractivity contribution in [1.29, 1.82) is 0 Å². The molecule has 0 atom stereocenters. The van der Waals surface area contributed by atoms with Gasteiger partial charge in [-0.25, -0.2) is 0 Å². The van der Waals surface area contributed by atoms with E-state index in [1.807, 2.05) is 11.4 Å². The highest BCUT2D eigenvalue weighted by Gasteiger charge is 2.13. The van der Waals surface area contributed by atoms with Crippen LogP contribution in [-0.2, 0) is 9.59 Å². The highest BCUT2D eigenvalue weighted by molar-refractivity contribution is 7.12. The molecule has 5 nitrogen and oxygen atoms in total. The predicted molar refractivity (Wildman–Crippen MR) is 104 cm³/mol. The summed E-state index contributed by atoms with van der Waals surface area (Å²) in [7, 11) is 0. The molecule has 142 valence electrons. The first kappa shape index (κ1) is 20.4. The fraction of sp³-hybridized carbons (Fsp3) is 0.550. The summed E-state index contributed by atoms with van der Waals surface area (Å²) >= 11 is 1.40. The minimum atomic E-state index is -0.125. The van der Waals surface area contributed by atoms with Gasteiger partial charge in [-0.3, -0.25) is 14.4 Å². The van der Waals surface area contributed by atoms with Gasteiger partial charge in [0.15, 0.2) is 5.78 Å². The first-order valence-electron chi connectivity index (χ1n) is 9.35. The Bertz CT molecular complexity index is 627. The third-order valence-corrected chi connectivity index (χ3v) is 5.51. The largest absolute Gasteiger partial charge is 0.356 e. The van der Waals surface area contributed by atoms with Crippen molar-refractivity contribution in [2.24, 2.45) is 5.92 Å². The van der Waals surface area contributed by atoms with Crippen LogP contribution in [0.4, 0.5) is 0 Å². The van der Waals surface area contributed by atoms with Gasteiger partial charge in [-0.05, 0) is 49.5 Å². The lowest BCUT2D eigenvalue weighted by Gasteiger charge is -2.19. The highest BCUT2D eigenvalue weighted by Crippen LogP contribution is 2.27. The van der Waals surface area contributed by atoms with Crippen molar-refractivity contribution in [2.75, 3.05) is 13.1 Å². The fourth-order valence-corrected chi connectivity index (χ4v) is 3.61. The number of hydrogen-bond acceptors (Lipinski definition) is 4. The van der Waals surface area contributed by atoms with Crippen LogP contribution in [0.3, 0.4) is 0 Å². The van der Waals surface area contributed by atoms with E-state index in [2.05, 4.69) is 17.6 Å². The van der Waals surface area contributed by atoms with Crippen molar-refractivity contribution >= 4 is 28.9 Å². The van der Waals surface area contributed by atoms with Gasteiger partial charge in [0.2, 0.25) is 11.8 Å². The molecule has 2 amide bonds. The Morgan fingerprint density at radius 3 is 2.58 bits per heavy atom. The van der Waals surface area contributed by atoms with Gasteiger partial charge in [0.05, 0.1) is 4.88 Å². The van der Waals surface area contributed by atoms with Crippen molar-refractivity contribution in [2.45, 2.75) is 51.9 Å². The first-order chi connectivity index (χ1) is 12.5. The van der Waals surface area contributed by atoms with E-state index in [1.54, 1.807) is 12.1 Å². The van der Waals surface area contributed by atoms with Gasteiger partial charge in [-0.1, -0.05) is 18.6 Å². The van der Waals surface area contributed by atoms with Crippen LogP contribution in [0, 0.1) is 5.92 Å². The molecule has 0 spiro atoms. The Kier molecular flexibility index (Phi) is 8.54. The number of ketones is 1. The summed E-state index contributed by atoms with van der Waals surface area (Å²) in [6, 6.07) is 3.60. The Morgan fingerprint density at radius 2 is 1.88 bits per heavy atom. The minimum Gasteiger partial charge on any atom is -0.356 e. The van der Waals surface area contributed by atoms with Crippen LogP contribution in [0.15, 0.2) is 29.2 Å². The zero-order valence-electron chi connectivity index (χ0n) is 15.4. The number of carbonyl (C=O) groups is 3. The summed E-state index contributed by atoms with van der Waals surface area (Å²) in [5.41, 5.74) is 1.24. The molecule has 0 radical (unpaired) electrons. The molecule has 0 saturated heterocycles. The summed E-state index contributed by atoms with van der Waals surface area (Å²) in [5, 5.41) is 7.51. The van der Waals surface area contributed by atoms with Crippen molar-refractivity contribution in [3.8, 4) is 0 Å². The van der Waals surface area contributed by atoms with E-state index in [9.17, 15) is 14.4 Å². The molecule has 0 aromatic carbocycles. The van der Waals surface area contributed by atoms with Crippen LogP contribution in [0.25, 0.3) is 0 Å². The van der Waals surface area contributed by atoms with Crippen molar-refractivity contribution in [1.82, 2.24) is 10.6 Å². The zero-order chi connectivity index (χ0) is 18.8. The maximum Gasteiger partial charge on any atom is 0.243 e. The Morgan fingerprint density at radius 1 is 1.15 bits per heavy atom. The third-order valence-electron chi connectivity index (χ3n) is 4.60. The Balaban J connectivity index is 1.51. The molecule has 1 fully saturated rings. The van der Waals surface area contributed by atoms with Gasteiger partial charge in [-0.15, -0.1) is 11.3 Å². The summed E-state index contributed by atoms with van der Waals surface area (Å²) in [6.07, 6.45) is 7.23. The Labute approximate surface area is 159 Å². The fourth-order valence-electron chi connectivity index (χ4n) is 2.92. The molecule has 1 saturated carbocycles. The molecular formula is C20H28N2O3S. The third kappa shape index (κ3) is 7.52. The average molecular weight is 377 g/mol. The summed E-state index contributed by atoms with van der Waals surface area (Å²) < 4.78 is 0. The Hall–Kier alpha value is -1.95. The highest BCUT2D eigenvalue weighted by atomic mass is 32.1. The van der Waals surface area contributed by atoms with Crippen LogP contribution in [-0.4, -0.2) is 30.7 Å². The topological polar surface area (TPSA) is 75.3 Å². The number of thiophene rings is 1. The summed E-state index contributed by atoms with van der Waals surface area (Å²) in [6.45, 7) is 3.29. The zero-order valence-corrected chi connectivity index (χ0v) is 16.2. The van der Waals surface area contributed by atoms with Gasteiger partial charge in [0.25, 0.3) is 0 Å². The maximum atomic E-state index is 11.9. The average Bonchev–Trinajstić information content (AvgIpc) is 3.16. The van der Waals surface area contributed by atoms with Gasteiger partial charge < -0.3 is 10.6 Å². The smallest absolute Gasteiger partial charge is 0.243 e. The van der Waals surface area contributed by atoms with Crippen LogP contribution < -0.4 is 10.6 Å². The molecular weight excluding hydrogens is 348 g/mol. The molecule has 1 aliphatic carbocycles. The van der Waals surface area contributed by atoms with E-state index in [-0.39, 0.29) is 30.4 Å². The molecule has 1 aromatic heterocycles. The first-order valence-corrected chi connectivity index (χ1v) is 10.2. The lowest BCUT2D eigenvalue weighted by atomic mass is 9.87. The standard InChI is InChI=1S/C20H28N2O3S/c1-15-5-7-16(8-6-15)14-20(25)22-12-3-11-21-19(24)10-9-17(23)18-4-2-13-26-18/h2,4,13-15H,3,5-12H2,1H3,(H,21,24)(H,22,25). The van der Waals surface area contributed by atoms with Crippen LogP contribution in [0.1, 0.15) is 61.5 Å². The molecule has 2 N–H and O–H groups in total. The van der Waals surface area contributed by atoms with E-state index in [1.165, 1.54) is 29.8 Å². The van der Waals surface area contributed by atoms with Crippen molar-refractivity contribution < 1.29 is 14.4 Å². The number of hydrogen-bond donors (Lipinski definition) is 2. The van der Waals surface area contributed by atoms with E-state index < -0.39 is 0 Å². The molecule has 2 rings (SSSR count). The van der Waals surface area contributed by atoms with E-state index in [0.717, 1.165) is 18.8 Å². The maximum absolute atomic E-state index is 11.9. The summed E-state index contributed by atoms with van der Waals surface area (Å²) in [5.74, 6) is 0.606. The van der Waals surface area contributed by atoms with Crippen LogP contribution >= 0.6 is 11.3 Å². The summed E-state index contributed by atoms with van der Waals surface area (Å²) in [4.78, 5) is 36.1. The van der Waals surface area contributed by atoms with E-state index >= 15 is 0 Å². The quantitative estimate of drug-likeness (QED) is 0.394.